The number of carboxylic acids is 1. The van der Waals surface area contributed by atoms with Crippen LogP contribution in [-0.2, 0) is 11.3 Å². The number of halogens is 1. The molecular formula is C17H14IN3O2. The molecule has 6 heteroatoms. The van der Waals surface area contributed by atoms with Crippen molar-refractivity contribution in [3.8, 4) is 11.1 Å². The lowest BCUT2D eigenvalue weighted by molar-refractivity contribution is -0.135. The van der Waals surface area contributed by atoms with Gasteiger partial charge in [-0.25, -0.2) is 0 Å². The molecule has 1 aromatic carbocycles. The van der Waals surface area contributed by atoms with Crippen LogP contribution in [0.1, 0.15) is 5.69 Å². The van der Waals surface area contributed by atoms with Gasteiger partial charge in [0.05, 0.1) is 17.8 Å². The van der Waals surface area contributed by atoms with E-state index in [0.29, 0.717) is 6.54 Å². The number of carbonyl (C=O) groups is 1. The van der Waals surface area contributed by atoms with Gasteiger partial charge in [0, 0.05) is 18.1 Å². The van der Waals surface area contributed by atoms with Gasteiger partial charge in [0.15, 0.2) is 0 Å². The molecule has 0 aliphatic rings. The Labute approximate surface area is 146 Å². The van der Waals surface area contributed by atoms with Crippen LogP contribution >= 0.6 is 22.6 Å². The minimum Gasteiger partial charge on any atom is -0.480 e. The third-order valence-corrected chi connectivity index (χ3v) is 3.98. The van der Waals surface area contributed by atoms with Crippen LogP contribution in [-0.4, -0.2) is 27.6 Å². The molecule has 0 saturated heterocycles. The summed E-state index contributed by atoms with van der Waals surface area (Å²) in [4.78, 5) is 19.5. The first-order chi connectivity index (χ1) is 11.1. The zero-order valence-electron chi connectivity index (χ0n) is 12.2. The van der Waals surface area contributed by atoms with E-state index < -0.39 is 5.97 Å². The van der Waals surface area contributed by atoms with Crippen molar-refractivity contribution in [1.82, 2.24) is 15.3 Å². The van der Waals surface area contributed by atoms with Crippen LogP contribution in [0.25, 0.3) is 22.0 Å². The predicted octanol–water partition coefficient (Wildman–Crippen LogP) is 3.08. The van der Waals surface area contributed by atoms with Gasteiger partial charge >= 0.3 is 5.97 Å². The maximum Gasteiger partial charge on any atom is 0.317 e. The van der Waals surface area contributed by atoms with Gasteiger partial charge in [-0.2, -0.15) is 0 Å². The number of fused-ring (bicyclic) bond motifs is 1. The van der Waals surface area contributed by atoms with Gasteiger partial charge < -0.3 is 10.4 Å². The van der Waals surface area contributed by atoms with Crippen LogP contribution < -0.4 is 5.32 Å². The number of benzene rings is 1. The van der Waals surface area contributed by atoms with E-state index in [4.69, 9.17) is 5.11 Å². The van der Waals surface area contributed by atoms with Crippen LogP contribution in [0.15, 0.2) is 48.7 Å². The number of hydrogen-bond acceptors (Lipinski definition) is 4. The van der Waals surface area contributed by atoms with E-state index in [0.717, 1.165) is 31.4 Å². The first-order valence-electron chi connectivity index (χ1n) is 7.06. The maximum absolute atomic E-state index is 10.6. The number of carboxylic acid groups (broad SMARTS) is 1. The third-order valence-electron chi connectivity index (χ3n) is 3.39. The van der Waals surface area contributed by atoms with Crippen LogP contribution in [0, 0.1) is 3.70 Å². The number of para-hydroxylation sites is 1. The van der Waals surface area contributed by atoms with Gasteiger partial charge in [-0.3, -0.25) is 14.8 Å². The summed E-state index contributed by atoms with van der Waals surface area (Å²) in [7, 11) is 0. The quantitative estimate of drug-likeness (QED) is 0.491. The Bertz CT molecular complexity index is 867. The second-order valence-electron chi connectivity index (χ2n) is 5.04. The van der Waals surface area contributed by atoms with Crippen LogP contribution in [0.2, 0.25) is 0 Å². The normalized spacial score (nSPS) is 10.8. The Morgan fingerprint density at radius 3 is 2.83 bits per heavy atom. The summed E-state index contributed by atoms with van der Waals surface area (Å²) in [6, 6.07) is 13.9. The van der Waals surface area contributed by atoms with Gasteiger partial charge in [0.25, 0.3) is 0 Å². The molecule has 0 aliphatic heterocycles. The maximum atomic E-state index is 10.6. The van der Waals surface area contributed by atoms with E-state index in [1.165, 1.54) is 0 Å². The molecule has 0 unspecified atom stereocenters. The molecule has 116 valence electrons. The second-order valence-corrected chi connectivity index (χ2v) is 6.15. The number of aliphatic carboxylic acids is 1. The first-order valence-corrected chi connectivity index (χ1v) is 8.14. The van der Waals surface area contributed by atoms with Crippen molar-refractivity contribution in [1.29, 1.82) is 0 Å². The molecule has 0 saturated carbocycles. The van der Waals surface area contributed by atoms with Crippen molar-refractivity contribution in [2.24, 2.45) is 0 Å². The zero-order valence-corrected chi connectivity index (χ0v) is 14.3. The van der Waals surface area contributed by atoms with Crippen LogP contribution in [0.3, 0.4) is 0 Å². The molecule has 0 atom stereocenters. The molecule has 2 N–H and O–H groups in total. The number of hydrogen-bond donors (Lipinski definition) is 2. The Hall–Kier alpha value is -2.06. The molecule has 0 bridgehead atoms. The third kappa shape index (κ3) is 3.83. The highest BCUT2D eigenvalue weighted by molar-refractivity contribution is 14.1. The fourth-order valence-electron chi connectivity index (χ4n) is 2.43. The van der Waals surface area contributed by atoms with E-state index >= 15 is 0 Å². The van der Waals surface area contributed by atoms with Crippen molar-refractivity contribution in [3.05, 3.63) is 58.1 Å². The molecule has 2 heterocycles. The first kappa shape index (κ1) is 15.8. The molecule has 0 spiro atoms. The molecular weight excluding hydrogens is 405 g/mol. The molecule has 23 heavy (non-hydrogen) atoms. The molecule has 0 aliphatic carbocycles. The summed E-state index contributed by atoms with van der Waals surface area (Å²) in [5.74, 6) is -0.880. The number of nitrogens with one attached hydrogen (secondary N) is 1. The summed E-state index contributed by atoms with van der Waals surface area (Å²) in [6.45, 7) is 0.323. The fourth-order valence-corrected chi connectivity index (χ4v) is 2.92. The Morgan fingerprint density at radius 2 is 2.04 bits per heavy atom. The number of aromatic nitrogens is 2. The van der Waals surface area contributed by atoms with Crippen molar-refractivity contribution >= 4 is 39.5 Å². The lowest BCUT2D eigenvalue weighted by atomic mass is 10.0. The summed E-state index contributed by atoms with van der Waals surface area (Å²) in [5, 5.41) is 12.7. The van der Waals surface area contributed by atoms with E-state index in [2.05, 4.69) is 37.9 Å². The molecule has 3 rings (SSSR count). The monoisotopic (exact) mass is 419 g/mol. The molecule has 2 aromatic heterocycles. The van der Waals surface area contributed by atoms with Gasteiger partial charge in [0.1, 0.15) is 3.70 Å². The van der Waals surface area contributed by atoms with Gasteiger partial charge in [-0.15, -0.1) is 0 Å². The lowest BCUT2D eigenvalue weighted by Crippen LogP contribution is -2.22. The van der Waals surface area contributed by atoms with Gasteiger partial charge in [0.2, 0.25) is 0 Å². The Kier molecular flexibility index (Phi) is 4.82. The lowest BCUT2D eigenvalue weighted by Gasteiger charge is -2.10. The minimum absolute atomic E-state index is 0.0863. The minimum atomic E-state index is -0.880. The summed E-state index contributed by atoms with van der Waals surface area (Å²) in [5.41, 5.74) is 3.85. The van der Waals surface area contributed by atoms with Crippen molar-refractivity contribution in [3.63, 3.8) is 0 Å². The summed E-state index contributed by atoms with van der Waals surface area (Å²) >= 11 is 2.19. The highest BCUT2D eigenvalue weighted by atomic mass is 127. The Balaban J connectivity index is 2.05. The number of nitrogens with zero attached hydrogens (tertiary/aromatic N) is 2. The zero-order chi connectivity index (χ0) is 16.2. The van der Waals surface area contributed by atoms with E-state index in [-0.39, 0.29) is 6.54 Å². The molecule has 0 fully saturated rings. The number of pyridine rings is 2. The van der Waals surface area contributed by atoms with Gasteiger partial charge in [-0.05, 0) is 58.0 Å². The highest BCUT2D eigenvalue weighted by Crippen LogP contribution is 2.29. The summed E-state index contributed by atoms with van der Waals surface area (Å²) < 4.78 is 0.923. The highest BCUT2D eigenvalue weighted by Gasteiger charge is 2.09. The molecule has 0 amide bonds. The smallest absolute Gasteiger partial charge is 0.317 e. The molecule has 0 radical (unpaired) electrons. The second kappa shape index (κ2) is 7.01. The van der Waals surface area contributed by atoms with E-state index in [9.17, 15) is 4.79 Å². The van der Waals surface area contributed by atoms with Crippen molar-refractivity contribution in [2.45, 2.75) is 6.54 Å². The fraction of sp³-hybridized carbons (Fsp3) is 0.118. The van der Waals surface area contributed by atoms with E-state index in [1.807, 2.05) is 42.5 Å². The van der Waals surface area contributed by atoms with Crippen LogP contribution in [0.5, 0.6) is 0 Å². The molecule has 5 nitrogen and oxygen atoms in total. The average molecular weight is 419 g/mol. The molecule has 3 aromatic rings. The predicted molar refractivity (Wildman–Crippen MR) is 97.0 cm³/mol. The topological polar surface area (TPSA) is 75.1 Å². The van der Waals surface area contributed by atoms with E-state index in [1.54, 1.807) is 6.20 Å². The average Bonchev–Trinajstić information content (AvgIpc) is 2.54. The largest absolute Gasteiger partial charge is 0.480 e. The Morgan fingerprint density at radius 1 is 1.22 bits per heavy atom. The number of rotatable bonds is 5. The standard InChI is InChI=1S/C17H14IN3O2/c18-16-7-11(5-6-20-16)14-8-12(9-19-10-17(22)23)21-15-4-2-1-3-13(14)15/h1-8,19H,9-10H2,(H,22,23). The van der Waals surface area contributed by atoms with Crippen LogP contribution in [0.4, 0.5) is 0 Å². The van der Waals surface area contributed by atoms with Gasteiger partial charge in [-0.1, -0.05) is 18.2 Å². The summed E-state index contributed by atoms with van der Waals surface area (Å²) in [6.07, 6.45) is 1.79. The van der Waals surface area contributed by atoms with Crippen molar-refractivity contribution in [2.75, 3.05) is 6.54 Å². The SMILES string of the molecule is O=C(O)CNCc1cc(-c2ccnc(I)c2)c2ccccc2n1. The van der Waals surface area contributed by atoms with Crippen molar-refractivity contribution < 1.29 is 9.90 Å².